The maximum atomic E-state index is 5.16. The molecule has 2 aromatic rings. The molecule has 1 atom stereocenters. The van der Waals surface area contributed by atoms with Gasteiger partial charge in [-0.3, -0.25) is 0 Å². The molecule has 1 unspecified atom stereocenters. The van der Waals surface area contributed by atoms with Gasteiger partial charge in [-0.2, -0.15) is 0 Å². The monoisotopic (exact) mass is 325 g/mol. The Bertz CT molecular complexity index is 472. The van der Waals surface area contributed by atoms with Crippen LogP contribution in [0.25, 0.3) is 0 Å². The Kier molecular flexibility index (Phi) is 5.35. The second-order valence-corrected chi connectivity index (χ2v) is 5.94. The molecule has 1 aromatic carbocycles. The molecule has 0 aliphatic heterocycles. The molecule has 0 spiro atoms. The lowest BCUT2D eigenvalue weighted by molar-refractivity contribution is 0.548. The maximum Gasteiger partial charge on any atom is 0.0950 e. The van der Waals surface area contributed by atoms with Gasteiger partial charge in [-0.15, -0.1) is 11.8 Å². The van der Waals surface area contributed by atoms with Gasteiger partial charge in [0.15, 0.2) is 0 Å². The largest absolute Gasteiger partial charge is 0.472 e. The molecule has 2 rings (SSSR count). The van der Waals surface area contributed by atoms with Crippen molar-refractivity contribution in [3.63, 3.8) is 0 Å². The first-order valence-electron chi connectivity index (χ1n) is 5.93. The summed E-state index contributed by atoms with van der Waals surface area (Å²) in [6.07, 6.45) is 3.54. The molecule has 18 heavy (non-hydrogen) atoms. The van der Waals surface area contributed by atoms with Crippen molar-refractivity contribution in [1.29, 1.82) is 0 Å². The molecular weight excluding hydrogens is 310 g/mol. The highest BCUT2D eigenvalue weighted by molar-refractivity contribution is 9.10. The van der Waals surface area contributed by atoms with E-state index in [2.05, 4.69) is 46.4 Å². The SMILES string of the molecule is CCNC(CSc1cccc(Br)c1)c1ccoc1. The smallest absolute Gasteiger partial charge is 0.0950 e. The molecule has 0 radical (unpaired) electrons. The van der Waals surface area contributed by atoms with Crippen LogP contribution >= 0.6 is 27.7 Å². The highest BCUT2D eigenvalue weighted by Gasteiger charge is 2.11. The minimum Gasteiger partial charge on any atom is -0.472 e. The molecular formula is C14H16BrNOS. The van der Waals surface area contributed by atoms with Crippen molar-refractivity contribution in [3.8, 4) is 0 Å². The van der Waals surface area contributed by atoms with Crippen molar-refractivity contribution >= 4 is 27.7 Å². The van der Waals surface area contributed by atoms with Crippen molar-refractivity contribution in [1.82, 2.24) is 5.32 Å². The van der Waals surface area contributed by atoms with E-state index in [-0.39, 0.29) is 0 Å². The van der Waals surface area contributed by atoms with Crippen LogP contribution in [0.3, 0.4) is 0 Å². The highest BCUT2D eigenvalue weighted by atomic mass is 79.9. The van der Waals surface area contributed by atoms with E-state index in [1.54, 1.807) is 6.26 Å². The standard InChI is InChI=1S/C14H16BrNOS/c1-2-16-14(11-6-7-17-9-11)10-18-13-5-3-4-12(15)8-13/h3-9,14,16H,2,10H2,1H3. The van der Waals surface area contributed by atoms with Crippen molar-refractivity contribution in [2.45, 2.75) is 17.9 Å². The topological polar surface area (TPSA) is 25.2 Å². The van der Waals surface area contributed by atoms with Gasteiger partial charge in [0, 0.05) is 26.7 Å². The average molecular weight is 326 g/mol. The molecule has 0 saturated heterocycles. The van der Waals surface area contributed by atoms with Crippen LogP contribution in [-0.2, 0) is 0 Å². The van der Waals surface area contributed by atoms with Crippen molar-refractivity contribution in [2.24, 2.45) is 0 Å². The Morgan fingerprint density at radius 2 is 2.28 bits per heavy atom. The van der Waals surface area contributed by atoms with Gasteiger partial charge in [0.2, 0.25) is 0 Å². The molecule has 2 nitrogen and oxygen atoms in total. The summed E-state index contributed by atoms with van der Waals surface area (Å²) in [6.45, 7) is 3.08. The normalized spacial score (nSPS) is 12.6. The fraction of sp³-hybridized carbons (Fsp3) is 0.286. The quantitative estimate of drug-likeness (QED) is 0.792. The van der Waals surface area contributed by atoms with Crippen LogP contribution in [-0.4, -0.2) is 12.3 Å². The predicted octanol–water partition coefficient (Wildman–Crippen LogP) is 4.49. The zero-order chi connectivity index (χ0) is 12.8. The molecule has 4 heteroatoms. The molecule has 0 saturated carbocycles. The molecule has 96 valence electrons. The van der Waals surface area contributed by atoms with Crippen LogP contribution in [0, 0.1) is 0 Å². The molecule has 1 heterocycles. The third-order valence-electron chi connectivity index (χ3n) is 2.61. The van der Waals surface area contributed by atoms with Crippen LogP contribution in [0.5, 0.6) is 0 Å². The molecule has 0 aliphatic rings. The van der Waals surface area contributed by atoms with E-state index in [4.69, 9.17) is 4.42 Å². The number of benzene rings is 1. The predicted molar refractivity (Wildman–Crippen MR) is 80.0 cm³/mol. The fourth-order valence-corrected chi connectivity index (χ4v) is 3.33. The Morgan fingerprint density at radius 3 is 2.94 bits per heavy atom. The highest BCUT2D eigenvalue weighted by Crippen LogP contribution is 2.26. The van der Waals surface area contributed by atoms with Gasteiger partial charge < -0.3 is 9.73 Å². The van der Waals surface area contributed by atoms with Crippen molar-refractivity contribution in [3.05, 3.63) is 52.9 Å². The molecule has 0 fully saturated rings. The zero-order valence-corrected chi connectivity index (χ0v) is 12.6. The van der Waals surface area contributed by atoms with Crippen LogP contribution in [0.2, 0.25) is 0 Å². The summed E-state index contributed by atoms with van der Waals surface area (Å²) in [6, 6.07) is 10.7. The van der Waals surface area contributed by atoms with Crippen LogP contribution in [0.4, 0.5) is 0 Å². The van der Waals surface area contributed by atoms with E-state index >= 15 is 0 Å². The lowest BCUT2D eigenvalue weighted by Gasteiger charge is -2.15. The van der Waals surface area contributed by atoms with Crippen molar-refractivity contribution < 1.29 is 4.42 Å². The van der Waals surface area contributed by atoms with Crippen LogP contribution in [0.1, 0.15) is 18.5 Å². The van der Waals surface area contributed by atoms with Crippen LogP contribution < -0.4 is 5.32 Å². The summed E-state index contributed by atoms with van der Waals surface area (Å²) in [4.78, 5) is 1.27. The van der Waals surface area contributed by atoms with E-state index in [1.165, 1.54) is 10.5 Å². The van der Waals surface area contributed by atoms with Gasteiger partial charge >= 0.3 is 0 Å². The van der Waals surface area contributed by atoms with E-state index in [9.17, 15) is 0 Å². The lowest BCUT2D eigenvalue weighted by Crippen LogP contribution is -2.22. The Balaban J connectivity index is 1.98. The second-order valence-electron chi connectivity index (χ2n) is 3.94. The van der Waals surface area contributed by atoms with Gasteiger partial charge in [-0.25, -0.2) is 0 Å². The first kappa shape index (κ1) is 13.7. The first-order chi connectivity index (χ1) is 8.79. The number of halogens is 1. The van der Waals surface area contributed by atoms with E-state index < -0.39 is 0 Å². The molecule has 1 aromatic heterocycles. The summed E-state index contributed by atoms with van der Waals surface area (Å²) < 4.78 is 6.28. The number of furan rings is 1. The number of thioether (sulfide) groups is 1. The molecule has 0 bridgehead atoms. The van der Waals surface area contributed by atoms with Gasteiger partial charge in [0.25, 0.3) is 0 Å². The van der Waals surface area contributed by atoms with Gasteiger partial charge in [0.1, 0.15) is 0 Å². The number of hydrogen-bond acceptors (Lipinski definition) is 3. The number of nitrogens with one attached hydrogen (secondary N) is 1. The molecule has 0 aliphatic carbocycles. The Morgan fingerprint density at radius 1 is 1.39 bits per heavy atom. The summed E-state index contributed by atoms with van der Waals surface area (Å²) in [5.74, 6) is 0.990. The van der Waals surface area contributed by atoms with E-state index in [0.717, 1.165) is 16.8 Å². The summed E-state index contributed by atoms with van der Waals surface area (Å²) in [7, 11) is 0. The lowest BCUT2D eigenvalue weighted by atomic mass is 10.2. The second kappa shape index (κ2) is 7.02. The molecule has 1 N–H and O–H groups in total. The van der Waals surface area contributed by atoms with Gasteiger partial charge in [-0.1, -0.05) is 28.9 Å². The van der Waals surface area contributed by atoms with E-state index in [1.807, 2.05) is 30.2 Å². The van der Waals surface area contributed by atoms with E-state index in [0.29, 0.717) is 6.04 Å². The first-order valence-corrected chi connectivity index (χ1v) is 7.71. The Hall–Kier alpha value is -0.710. The third-order valence-corrected chi connectivity index (χ3v) is 4.19. The maximum absolute atomic E-state index is 5.16. The van der Waals surface area contributed by atoms with Gasteiger partial charge in [0.05, 0.1) is 12.5 Å². The minimum atomic E-state index is 0.331. The molecule has 0 amide bonds. The number of rotatable bonds is 6. The van der Waals surface area contributed by atoms with Gasteiger partial charge in [-0.05, 0) is 30.8 Å². The minimum absolute atomic E-state index is 0.331. The fourth-order valence-electron chi connectivity index (χ4n) is 1.73. The number of hydrogen-bond donors (Lipinski definition) is 1. The average Bonchev–Trinajstić information content (AvgIpc) is 2.88. The summed E-state index contributed by atoms with van der Waals surface area (Å²) in [5.41, 5.74) is 1.21. The third kappa shape index (κ3) is 3.90. The van der Waals surface area contributed by atoms with Crippen LogP contribution in [0.15, 0.2) is 56.6 Å². The van der Waals surface area contributed by atoms with Crippen molar-refractivity contribution in [2.75, 3.05) is 12.3 Å². The summed E-state index contributed by atoms with van der Waals surface area (Å²) >= 11 is 5.34. The zero-order valence-electron chi connectivity index (χ0n) is 10.2. The summed E-state index contributed by atoms with van der Waals surface area (Å²) in [5, 5.41) is 3.48. The Labute approximate surface area is 120 Å².